The van der Waals surface area contributed by atoms with Gasteiger partial charge in [0.1, 0.15) is 18.1 Å². The lowest BCUT2D eigenvalue weighted by atomic mass is 10.3. The molecule has 1 aromatic carbocycles. The van der Waals surface area contributed by atoms with Gasteiger partial charge >= 0.3 is 0 Å². The third-order valence-electron chi connectivity index (χ3n) is 1.89. The monoisotopic (exact) mass is 225 g/mol. The first-order valence-electron chi connectivity index (χ1n) is 5.50. The van der Waals surface area contributed by atoms with Crippen LogP contribution in [0, 0.1) is 0 Å². The van der Waals surface area contributed by atoms with Crippen LogP contribution in [-0.2, 0) is 4.74 Å². The Labute approximate surface area is 96.3 Å². The second-order valence-corrected chi connectivity index (χ2v) is 3.15. The van der Waals surface area contributed by atoms with Crippen molar-refractivity contribution in [2.75, 3.05) is 33.0 Å². The summed E-state index contributed by atoms with van der Waals surface area (Å²) in [6.07, 6.45) is 0. The normalized spacial score (nSPS) is 10.1. The molecule has 0 heterocycles. The van der Waals surface area contributed by atoms with Crippen LogP contribution in [0.25, 0.3) is 0 Å². The van der Waals surface area contributed by atoms with E-state index in [2.05, 4.69) is 0 Å². The highest BCUT2D eigenvalue weighted by molar-refractivity contribution is 5.31. The minimum Gasteiger partial charge on any atom is -0.494 e. The summed E-state index contributed by atoms with van der Waals surface area (Å²) in [7, 11) is 0. The quantitative estimate of drug-likeness (QED) is 0.680. The Hall–Kier alpha value is -1.26. The Morgan fingerprint density at radius 3 is 2.12 bits per heavy atom. The molecule has 0 spiro atoms. The van der Waals surface area contributed by atoms with Gasteiger partial charge < -0.3 is 19.9 Å². The van der Waals surface area contributed by atoms with E-state index in [1.807, 2.05) is 31.2 Å². The number of hydrogen-bond acceptors (Lipinski definition) is 4. The highest BCUT2D eigenvalue weighted by Crippen LogP contribution is 2.17. The standard InChI is InChI=1S/C12H19NO3/c1-2-15-11-3-5-12(6-4-11)16-10-9-14-8-7-13/h3-6H,2,7-10,13H2,1H3. The van der Waals surface area contributed by atoms with E-state index in [9.17, 15) is 0 Å². The van der Waals surface area contributed by atoms with Gasteiger partial charge in [0.25, 0.3) is 0 Å². The molecule has 0 radical (unpaired) electrons. The fourth-order valence-corrected chi connectivity index (χ4v) is 1.20. The van der Waals surface area contributed by atoms with Crippen LogP contribution in [0.1, 0.15) is 6.92 Å². The Balaban J connectivity index is 2.21. The Bertz CT molecular complexity index is 274. The van der Waals surface area contributed by atoms with Gasteiger partial charge in [0.05, 0.1) is 19.8 Å². The van der Waals surface area contributed by atoms with Gasteiger partial charge in [0.15, 0.2) is 0 Å². The molecule has 1 aromatic rings. The van der Waals surface area contributed by atoms with Crippen LogP contribution < -0.4 is 15.2 Å². The molecule has 0 fully saturated rings. The molecule has 4 heteroatoms. The van der Waals surface area contributed by atoms with E-state index in [1.54, 1.807) is 0 Å². The number of ether oxygens (including phenoxy) is 3. The fraction of sp³-hybridized carbons (Fsp3) is 0.500. The van der Waals surface area contributed by atoms with Gasteiger partial charge in [0, 0.05) is 6.54 Å². The Kier molecular flexibility index (Phi) is 6.37. The molecule has 0 saturated heterocycles. The van der Waals surface area contributed by atoms with Crippen LogP contribution in [0.4, 0.5) is 0 Å². The SMILES string of the molecule is CCOc1ccc(OCCOCCN)cc1. The van der Waals surface area contributed by atoms with Crippen molar-refractivity contribution in [3.05, 3.63) is 24.3 Å². The van der Waals surface area contributed by atoms with Crippen molar-refractivity contribution in [3.8, 4) is 11.5 Å². The third-order valence-corrected chi connectivity index (χ3v) is 1.89. The second kappa shape index (κ2) is 7.96. The van der Waals surface area contributed by atoms with Crippen molar-refractivity contribution >= 4 is 0 Å². The van der Waals surface area contributed by atoms with Crippen molar-refractivity contribution in [1.82, 2.24) is 0 Å². The summed E-state index contributed by atoms with van der Waals surface area (Å²) >= 11 is 0. The van der Waals surface area contributed by atoms with Gasteiger partial charge in [-0.05, 0) is 31.2 Å². The third kappa shape index (κ3) is 5.00. The van der Waals surface area contributed by atoms with Gasteiger partial charge in [-0.15, -0.1) is 0 Å². The molecular weight excluding hydrogens is 206 g/mol. The van der Waals surface area contributed by atoms with Crippen LogP contribution >= 0.6 is 0 Å². The molecule has 0 saturated carbocycles. The molecular formula is C12H19NO3. The number of benzene rings is 1. The second-order valence-electron chi connectivity index (χ2n) is 3.15. The van der Waals surface area contributed by atoms with E-state index >= 15 is 0 Å². The van der Waals surface area contributed by atoms with Gasteiger partial charge in [0.2, 0.25) is 0 Å². The first-order chi connectivity index (χ1) is 7.86. The topological polar surface area (TPSA) is 53.7 Å². The summed E-state index contributed by atoms with van der Waals surface area (Å²) in [5, 5.41) is 0. The molecule has 16 heavy (non-hydrogen) atoms. The minimum absolute atomic E-state index is 0.536. The van der Waals surface area contributed by atoms with E-state index in [1.165, 1.54) is 0 Å². The summed E-state index contributed by atoms with van der Waals surface area (Å²) in [5.74, 6) is 1.68. The molecule has 0 atom stereocenters. The zero-order valence-electron chi connectivity index (χ0n) is 9.65. The van der Waals surface area contributed by atoms with E-state index in [4.69, 9.17) is 19.9 Å². The zero-order chi connectivity index (χ0) is 11.6. The molecule has 0 aliphatic carbocycles. The van der Waals surface area contributed by atoms with Crippen molar-refractivity contribution in [3.63, 3.8) is 0 Å². The maximum Gasteiger partial charge on any atom is 0.119 e. The molecule has 2 N–H and O–H groups in total. The average molecular weight is 225 g/mol. The van der Waals surface area contributed by atoms with Crippen molar-refractivity contribution in [1.29, 1.82) is 0 Å². The van der Waals surface area contributed by atoms with Gasteiger partial charge in [-0.3, -0.25) is 0 Å². The summed E-state index contributed by atoms with van der Waals surface area (Å²) in [5.41, 5.74) is 5.29. The molecule has 90 valence electrons. The zero-order valence-corrected chi connectivity index (χ0v) is 9.65. The highest BCUT2D eigenvalue weighted by atomic mass is 16.5. The van der Waals surface area contributed by atoms with Crippen LogP contribution in [0.5, 0.6) is 11.5 Å². The molecule has 1 rings (SSSR count). The number of nitrogens with two attached hydrogens (primary N) is 1. The lowest BCUT2D eigenvalue weighted by molar-refractivity contribution is 0.106. The van der Waals surface area contributed by atoms with E-state index < -0.39 is 0 Å². The van der Waals surface area contributed by atoms with Crippen LogP contribution in [0.15, 0.2) is 24.3 Å². The van der Waals surface area contributed by atoms with Crippen molar-refractivity contribution in [2.24, 2.45) is 5.73 Å². The Morgan fingerprint density at radius 1 is 0.938 bits per heavy atom. The summed E-state index contributed by atoms with van der Waals surface area (Å²) in [6, 6.07) is 7.54. The van der Waals surface area contributed by atoms with Gasteiger partial charge in [-0.1, -0.05) is 0 Å². The van der Waals surface area contributed by atoms with Crippen LogP contribution in [0.3, 0.4) is 0 Å². The van der Waals surface area contributed by atoms with Crippen molar-refractivity contribution < 1.29 is 14.2 Å². The lowest BCUT2D eigenvalue weighted by Gasteiger charge is -2.07. The smallest absolute Gasteiger partial charge is 0.119 e. The number of rotatable bonds is 8. The average Bonchev–Trinajstić information content (AvgIpc) is 2.31. The summed E-state index contributed by atoms with van der Waals surface area (Å²) < 4.78 is 16.0. The maximum absolute atomic E-state index is 5.46. The van der Waals surface area contributed by atoms with E-state index in [0.717, 1.165) is 11.5 Å². The highest BCUT2D eigenvalue weighted by Gasteiger charge is 1.95. The first-order valence-corrected chi connectivity index (χ1v) is 5.50. The predicted octanol–water partition coefficient (Wildman–Crippen LogP) is 1.44. The maximum atomic E-state index is 5.46. The van der Waals surface area contributed by atoms with Crippen LogP contribution in [0.2, 0.25) is 0 Å². The predicted molar refractivity (Wildman–Crippen MR) is 63.0 cm³/mol. The van der Waals surface area contributed by atoms with E-state index in [0.29, 0.717) is 33.0 Å². The Morgan fingerprint density at radius 2 is 1.56 bits per heavy atom. The minimum atomic E-state index is 0.536. The van der Waals surface area contributed by atoms with E-state index in [-0.39, 0.29) is 0 Å². The lowest BCUT2D eigenvalue weighted by Crippen LogP contribution is -2.13. The molecule has 0 aromatic heterocycles. The molecule has 4 nitrogen and oxygen atoms in total. The summed E-state index contributed by atoms with van der Waals surface area (Å²) in [4.78, 5) is 0. The molecule has 0 amide bonds. The number of hydrogen-bond donors (Lipinski definition) is 1. The fourth-order valence-electron chi connectivity index (χ4n) is 1.20. The van der Waals surface area contributed by atoms with Crippen molar-refractivity contribution in [2.45, 2.75) is 6.92 Å². The van der Waals surface area contributed by atoms with Gasteiger partial charge in [-0.25, -0.2) is 0 Å². The van der Waals surface area contributed by atoms with Gasteiger partial charge in [-0.2, -0.15) is 0 Å². The molecule has 0 bridgehead atoms. The molecule has 0 unspecified atom stereocenters. The summed E-state index contributed by atoms with van der Waals surface area (Å²) in [6.45, 7) is 4.85. The first kappa shape index (κ1) is 12.8. The largest absolute Gasteiger partial charge is 0.494 e. The van der Waals surface area contributed by atoms with Crippen LogP contribution in [-0.4, -0.2) is 33.0 Å². The molecule has 0 aliphatic rings. The molecule has 0 aliphatic heterocycles.